The molecule has 10 aliphatic heterocycles. The fourth-order valence-electron chi connectivity index (χ4n) is 18.5. The van der Waals surface area contributed by atoms with Crippen LogP contribution in [0.25, 0.3) is 60.1 Å². The van der Waals surface area contributed by atoms with Crippen molar-refractivity contribution < 1.29 is 168 Å². The Morgan fingerprint density at radius 1 is 0.301 bits per heavy atom. The number of anilines is 9. The summed E-state index contributed by atoms with van der Waals surface area (Å²) in [6.07, 6.45) is 12.4. The van der Waals surface area contributed by atoms with Crippen molar-refractivity contribution in [3.63, 3.8) is 0 Å². The van der Waals surface area contributed by atoms with E-state index in [9.17, 15) is 0 Å². The number of benzene rings is 11. The van der Waals surface area contributed by atoms with Crippen molar-refractivity contribution in [1.82, 2.24) is 14.7 Å². The van der Waals surface area contributed by atoms with Crippen LogP contribution in [0.5, 0.6) is 0 Å². The van der Waals surface area contributed by atoms with E-state index in [1.807, 2.05) is 23.5 Å². The third-order valence-corrected chi connectivity index (χ3v) is 24.7. The molecule has 11 aromatic carbocycles. The van der Waals surface area contributed by atoms with Crippen LogP contribution >= 0.6 is 11.3 Å². The summed E-state index contributed by atoms with van der Waals surface area (Å²) in [5.41, 5.74) is 27.1. The van der Waals surface area contributed by atoms with Crippen LogP contribution in [-0.2, 0) is 164 Å². The van der Waals surface area contributed by atoms with Crippen LogP contribution in [0.15, 0.2) is 308 Å². The van der Waals surface area contributed by atoms with Crippen LogP contribution in [0, 0.1) is 29.6 Å². The van der Waals surface area contributed by atoms with Gasteiger partial charge in [0.05, 0.1) is 70.7 Å². The Balaban J connectivity index is 0.000000117. The number of nitrogens with zero attached hydrogens (tertiary/aromatic N) is 10. The van der Waals surface area contributed by atoms with Crippen molar-refractivity contribution in [3.8, 4) is 33.4 Å². The maximum Gasteiger partial charge on any atom is 0.0936 e. The third kappa shape index (κ3) is 14.0. The average Bonchev–Trinajstić information content (AvgIpc) is 1.62. The Morgan fingerprint density at radius 3 is 1.30 bits per heavy atom. The van der Waals surface area contributed by atoms with Crippen LogP contribution in [0.3, 0.4) is 0 Å². The molecule has 0 saturated heterocycles. The fraction of sp³-hybridized carbons (Fsp3) is 0.156. The number of hydrogen-bond acceptors (Lipinski definition) is 12. The maximum atomic E-state index is 5.97. The van der Waals surface area contributed by atoms with E-state index in [2.05, 4.69) is 411 Å². The Labute approximate surface area is 796 Å². The van der Waals surface area contributed by atoms with E-state index in [4.69, 9.17) is 4.42 Å². The minimum atomic E-state index is 0. The van der Waals surface area contributed by atoms with Crippen LogP contribution in [0.2, 0.25) is 0 Å². The van der Waals surface area contributed by atoms with Crippen molar-refractivity contribution in [2.75, 3.05) is 69.5 Å². The summed E-state index contributed by atoms with van der Waals surface area (Å²) in [5, 5.41) is 4.02. The van der Waals surface area contributed by atoms with Gasteiger partial charge in [0.2, 0.25) is 0 Å². The van der Waals surface area contributed by atoms with Crippen molar-refractivity contribution >= 4 is 88.8 Å². The maximum absolute atomic E-state index is 5.97. The molecule has 0 fully saturated rings. The summed E-state index contributed by atoms with van der Waals surface area (Å²) >= 11 is 1.90. The number of thiophene rings is 1. The molecular weight excluding hydrogens is 1790 g/mol. The van der Waals surface area contributed by atoms with Crippen LogP contribution in [-0.4, -0.2) is 80.8 Å². The smallest absolute Gasteiger partial charge is 0.0936 e. The molecule has 0 spiro atoms. The molecule has 12 heterocycles. The van der Waals surface area contributed by atoms with E-state index in [0.717, 1.165) is 11.5 Å². The Hall–Kier alpha value is -6.99. The molecule has 23 rings (SSSR count). The van der Waals surface area contributed by atoms with Gasteiger partial charge < -0.3 is 53.4 Å². The van der Waals surface area contributed by atoms with Crippen LogP contribution in [0.1, 0.15) is 68.0 Å². The molecule has 0 aliphatic carbocycles. The molecule has 5 atom stereocenters. The third-order valence-electron chi connectivity index (χ3n) is 23.6. The second-order valence-electron chi connectivity index (χ2n) is 29.7. The molecule has 0 saturated carbocycles. The van der Waals surface area contributed by atoms with E-state index in [-0.39, 0.29) is 170 Å². The van der Waals surface area contributed by atoms with Gasteiger partial charge in [-0.1, -0.05) is 263 Å². The second kappa shape index (κ2) is 33.9. The minimum Gasteiger partial charge on any atom is -0.511 e. The van der Waals surface area contributed by atoms with Crippen molar-refractivity contribution in [1.29, 1.82) is 0 Å². The zero-order chi connectivity index (χ0) is 73.3. The Kier molecular flexibility index (Phi) is 24.8. The first-order valence-electron chi connectivity index (χ1n) is 37.5. The van der Waals surface area contributed by atoms with Crippen molar-refractivity contribution in [2.24, 2.45) is 0 Å². The Bertz CT molecular complexity index is 5590. The summed E-state index contributed by atoms with van der Waals surface area (Å²) in [6, 6.07) is 97.3. The number of fused-ring (bicyclic) bond motifs is 23. The summed E-state index contributed by atoms with van der Waals surface area (Å²) in [5.74, 6) is 8.05. The van der Waals surface area contributed by atoms with Crippen molar-refractivity contribution in [2.45, 2.75) is 65.4 Å². The summed E-state index contributed by atoms with van der Waals surface area (Å²) in [4.78, 5) is 23.6. The molecule has 0 N–H and O–H groups in total. The van der Waals surface area contributed by atoms with Gasteiger partial charge in [0.1, 0.15) is 0 Å². The molecule has 113 heavy (non-hydrogen) atoms. The van der Waals surface area contributed by atoms with Gasteiger partial charge >= 0.3 is 0 Å². The molecule has 2 aromatic heterocycles. The van der Waals surface area contributed by atoms with E-state index in [1.165, 1.54) is 162 Å². The molecule has 551 valence electrons. The number of likely N-dealkylation sites (N-methyl/N-ethyl adjacent to an activating group) is 5. The van der Waals surface area contributed by atoms with Gasteiger partial charge in [0, 0.05) is 230 Å². The second-order valence-corrected chi connectivity index (χ2v) is 30.7. The van der Waals surface area contributed by atoms with Crippen molar-refractivity contribution in [3.05, 3.63) is 367 Å². The van der Waals surface area contributed by atoms with Gasteiger partial charge in [-0.3, -0.25) is 0 Å². The largest absolute Gasteiger partial charge is 0.511 e. The first-order valence-corrected chi connectivity index (χ1v) is 38.3. The van der Waals surface area contributed by atoms with Gasteiger partial charge in [-0.05, 0) is 73.4 Å². The van der Waals surface area contributed by atoms with E-state index < -0.39 is 0 Å². The first-order chi connectivity index (χ1) is 52.8. The topological polar surface area (TPSA) is 45.5 Å². The quantitative estimate of drug-likeness (QED) is 0.158. The van der Waals surface area contributed by atoms with Gasteiger partial charge in [-0.25, -0.2) is 0 Å². The first kappa shape index (κ1) is 82.5. The molecular formula is C96H85N10OSY5-5. The van der Waals surface area contributed by atoms with E-state index in [0.29, 0.717) is 24.7 Å². The zero-order valence-corrected chi connectivity index (χ0v) is 80.4. The number of rotatable bonds is 4. The van der Waals surface area contributed by atoms with E-state index >= 15 is 0 Å². The van der Waals surface area contributed by atoms with Gasteiger partial charge in [0.25, 0.3) is 0 Å². The number of para-hydroxylation sites is 5. The minimum absolute atomic E-state index is 0. The fourth-order valence-corrected chi connectivity index (χ4v) is 19.7. The predicted molar refractivity (Wildman–Crippen MR) is 450 cm³/mol. The monoisotopic (exact) mass is 1870 g/mol. The number of hydrogen-bond donors (Lipinski definition) is 0. The Morgan fingerprint density at radius 2 is 0.726 bits per heavy atom. The summed E-state index contributed by atoms with van der Waals surface area (Å²) < 4.78 is 7.36. The van der Waals surface area contributed by atoms with Crippen LogP contribution < -0.4 is 34.3 Å². The van der Waals surface area contributed by atoms with Gasteiger partial charge in [-0.15, -0.1) is 70.4 Å². The average molecular weight is 1870 g/mol. The molecule has 11 nitrogen and oxygen atoms in total. The zero-order valence-electron chi connectivity index (χ0n) is 65.4. The molecule has 17 heteroatoms. The summed E-state index contributed by atoms with van der Waals surface area (Å²) in [6.45, 7) is 11.2. The molecule has 5 radical (unpaired) electrons. The normalized spacial score (nSPS) is 18.2. The van der Waals surface area contributed by atoms with Crippen LogP contribution in [0.4, 0.5) is 50.7 Å². The van der Waals surface area contributed by atoms with Gasteiger partial charge in [-0.2, -0.15) is 46.2 Å². The molecule has 13 aromatic rings. The molecule has 0 amide bonds. The van der Waals surface area contributed by atoms with E-state index in [1.54, 1.807) is 0 Å². The SMILES string of the molecule is C[C-]1c2c(oc3ccccc23)N2C=CN(C)C12.C[C-]1c2c(sc3ccccc23)N2C=CN(C)C12.C[C-]1c2cc(-c3ccccc3)ccc2N2c3ccccc3N(C)C12.C[C-]1c2ccc(-c3ccccc3)cc2N2C=C(c3ccccc3)N(C)C12.C[C-]1c2ccc(-c3ccccc3)cc2N2c3ccccc3N(C)C12.[Y].[Y].[Y].[Y].[Y]. The predicted octanol–water partition coefficient (Wildman–Crippen LogP) is 22.2. The standard InChI is InChI=1S/C24H21N2.2C22H19N2.C14H13N2O.C14H13N2S.5Y/c1-17-21-14-13-20(18-9-5-3-6-10-18)15-22(21)26-16-23(25(2)24(17)26)19-11-7-4-8-12-19;1-15-18-14-17(16-8-4-3-5-9-16)12-13-19(18)24-21-11-7-6-10-20(21)23(2)22(15)24;1-15-18-13-12-17(16-8-4-3-5-9-16)14-21(18)24-20-11-7-6-10-19(20)23(2)22(15)24;2*1-9-12-10-5-3-4-6-11(10)17-14(12)16-8-7-15(2)13(9)16;;;;;/h3-16,24H,1-2H3;2*3-14,22H,1-2H3;2*3-8,13H,1-2H3;;;;;/q5*-1;;;;;. The summed E-state index contributed by atoms with van der Waals surface area (Å²) in [7, 11) is 10.8. The number of furan rings is 1. The molecule has 5 unspecified atom stereocenters. The van der Waals surface area contributed by atoms with Gasteiger partial charge in [0.15, 0.2) is 0 Å². The molecule has 0 bridgehead atoms. The molecule has 10 aliphatic rings.